The van der Waals surface area contributed by atoms with E-state index in [4.69, 9.17) is 0 Å². The van der Waals surface area contributed by atoms with Gasteiger partial charge in [0.2, 0.25) is 0 Å². The summed E-state index contributed by atoms with van der Waals surface area (Å²) in [5.74, 6) is 3.53. The third kappa shape index (κ3) is 1.61. The third-order valence-corrected chi connectivity index (χ3v) is 6.30. The van der Waals surface area contributed by atoms with Crippen molar-refractivity contribution in [1.82, 2.24) is 4.90 Å². The molecular formula is C16H25NO. The van der Waals surface area contributed by atoms with Gasteiger partial charge in [0.15, 0.2) is 0 Å². The minimum Gasteiger partial charge on any atom is -0.300 e. The molecule has 0 amide bonds. The molecule has 1 saturated heterocycles. The molecule has 18 heavy (non-hydrogen) atoms. The molecule has 4 saturated carbocycles. The summed E-state index contributed by atoms with van der Waals surface area (Å²) in [5, 5.41) is 0. The second-order valence-corrected chi connectivity index (χ2v) is 7.68. The lowest BCUT2D eigenvalue weighted by Gasteiger charge is -2.62. The lowest BCUT2D eigenvalue weighted by molar-refractivity contribution is -0.135. The van der Waals surface area contributed by atoms with E-state index in [1.54, 1.807) is 0 Å². The summed E-state index contributed by atoms with van der Waals surface area (Å²) in [6.07, 6.45) is 10.5. The molecule has 4 aliphatic carbocycles. The molecule has 5 rings (SSSR count). The summed E-state index contributed by atoms with van der Waals surface area (Å²) < 4.78 is 0. The Morgan fingerprint density at radius 1 is 1.06 bits per heavy atom. The highest BCUT2D eigenvalue weighted by atomic mass is 16.1. The van der Waals surface area contributed by atoms with E-state index in [0.717, 1.165) is 37.1 Å². The molecule has 0 N–H and O–H groups in total. The van der Waals surface area contributed by atoms with Gasteiger partial charge in [0.25, 0.3) is 0 Å². The zero-order chi connectivity index (χ0) is 12.3. The van der Waals surface area contributed by atoms with Crippen LogP contribution in [0.25, 0.3) is 0 Å². The van der Waals surface area contributed by atoms with Crippen LogP contribution in [0, 0.1) is 17.8 Å². The van der Waals surface area contributed by atoms with Crippen LogP contribution in [0.5, 0.6) is 0 Å². The van der Waals surface area contributed by atoms with E-state index < -0.39 is 0 Å². The van der Waals surface area contributed by atoms with Gasteiger partial charge in [-0.15, -0.1) is 0 Å². The van der Waals surface area contributed by atoms with Gasteiger partial charge in [-0.3, -0.25) is 9.69 Å². The maximum absolute atomic E-state index is 11.6. The van der Waals surface area contributed by atoms with E-state index in [1.165, 1.54) is 38.5 Å². The van der Waals surface area contributed by atoms with Crippen LogP contribution >= 0.6 is 0 Å². The number of likely N-dealkylation sites (tertiary alicyclic amines) is 1. The molecule has 0 aromatic rings. The van der Waals surface area contributed by atoms with Gasteiger partial charge in [-0.1, -0.05) is 0 Å². The molecule has 2 nitrogen and oxygen atoms in total. The fraction of sp³-hybridized carbons (Fsp3) is 0.938. The minimum atomic E-state index is 0.489. The molecule has 1 heterocycles. The number of ketones is 1. The Labute approximate surface area is 110 Å². The number of hydrogen-bond acceptors (Lipinski definition) is 2. The fourth-order valence-electron chi connectivity index (χ4n) is 6.13. The van der Waals surface area contributed by atoms with Crippen LogP contribution in [0.15, 0.2) is 0 Å². The van der Waals surface area contributed by atoms with Gasteiger partial charge in [0.05, 0.1) is 0 Å². The Balaban J connectivity index is 1.61. The Hall–Kier alpha value is -0.370. The second-order valence-electron chi connectivity index (χ2n) is 7.68. The monoisotopic (exact) mass is 247 g/mol. The molecule has 1 atom stereocenters. The normalized spacial score (nSPS) is 51.9. The van der Waals surface area contributed by atoms with Gasteiger partial charge < -0.3 is 0 Å². The first-order valence-corrected chi connectivity index (χ1v) is 7.93. The van der Waals surface area contributed by atoms with Crippen molar-refractivity contribution in [3.63, 3.8) is 0 Å². The zero-order valence-corrected chi connectivity index (χ0v) is 11.5. The average molecular weight is 247 g/mol. The number of rotatable bonds is 1. The number of carbonyl (C=O) groups is 1. The number of hydrogen-bond donors (Lipinski definition) is 0. The summed E-state index contributed by atoms with van der Waals surface area (Å²) in [7, 11) is 0. The summed E-state index contributed by atoms with van der Waals surface area (Å²) in [5.41, 5.74) is 0.509. The quantitative estimate of drug-likeness (QED) is 0.710. The lowest BCUT2D eigenvalue weighted by Crippen LogP contribution is -2.63. The highest BCUT2D eigenvalue weighted by Crippen LogP contribution is 2.58. The van der Waals surface area contributed by atoms with Gasteiger partial charge in [0.1, 0.15) is 5.78 Å². The van der Waals surface area contributed by atoms with E-state index in [2.05, 4.69) is 11.8 Å². The van der Waals surface area contributed by atoms with Crippen LogP contribution in [0.3, 0.4) is 0 Å². The van der Waals surface area contributed by atoms with Crippen molar-refractivity contribution in [3.05, 3.63) is 0 Å². The number of nitrogens with zero attached hydrogens (tertiary/aromatic N) is 1. The van der Waals surface area contributed by atoms with Gasteiger partial charge in [-0.05, 0) is 63.2 Å². The first-order valence-electron chi connectivity index (χ1n) is 7.93. The van der Waals surface area contributed by atoms with E-state index in [9.17, 15) is 4.79 Å². The second kappa shape index (κ2) is 3.82. The summed E-state index contributed by atoms with van der Waals surface area (Å²) in [6, 6.07) is 0.502. The largest absolute Gasteiger partial charge is 0.300 e. The van der Waals surface area contributed by atoms with Crippen LogP contribution in [0.4, 0.5) is 0 Å². The molecule has 0 radical (unpaired) electrons. The maximum Gasteiger partial charge on any atom is 0.135 e. The summed E-state index contributed by atoms with van der Waals surface area (Å²) >= 11 is 0. The van der Waals surface area contributed by atoms with Crippen LogP contribution in [-0.4, -0.2) is 28.8 Å². The standard InChI is InChI=1S/C16H25NO/c1-11-4-15(18)2-3-17(11)16-8-12-5-13(9-16)7-14(6-12)10-16/h11-14H,2-10H2,1H3. The van der Waals surface area contributed by atoms with Crippen molar-refractivity contribution in [2.45, 2.75) is 69.9 Å². The van der Waals surface area contributed by atoms with Gasteiger partial charge in [-0.25, -0.2) is 0 Å². The van der Waals surface area contributed by atoms with E-state index in [1.807, 2.05) is 0 Å². The van der Waals surface area contributed by atoms with E-state index >= 15 is 0 Å². The lowest BCUT2D eigenvalue weighted by atomic mass is 9.52. The van der Waals surface area contributed by atoms with E-state index in [-0.39, 0.29) is 0 Å². The Kier molecular flexibility index (Phi) is 2.43. The van der Waals surface area contributed by atoms with Crippen molar-refractivity contribution in [1.29, 1.82) is 0 Å². The summed E-state index contributed by atoms with van der Waals surface area (Å²) in [6.45, 7) is 3.34. The topological polar surface area (TPSA) is 20.3 Å². The first-order chi connectivity index (χ1) is 8.64. The molecule has 0 aromatic heterocycles. The molecule has 5 aliphatic rings. The molecule has 5 fully saturated rings. The third-order valence-electron chi connectivity index (χ3n) is 6.30. The van der Waals surface area contributed by atoms with Crippen LogP contribution in [0.2, 0.25) is 0 Å². The van der Waals surface area contributed by atoms with Gasteiger partial charge in [-0.2, -0.15) is 0 Å². The molecule has 1 aliphatic heterocycles. The van der Waals surface area contributed by atoms with Gasteiger partial charge >= 0.3 is 0 Å². The molecule has 0 aromatic carbocycles. The van der Waals surface area contributed by atoms with Crippen molar-refractivity contribution in [2.24, 2.45) is 17.8 Å². The molecule has 100 valence electrons. The highest BCUT2D eigenvalue weighted by molar-refractivity contribution is 5.80. The van der Waals surface area contributed by atoms with E-state index in [0.29, 0.717) is 17.4 Å². The van der Waals surface area contributed by atoms with Gasteiger partial charge in [0, 0.05) is 31.0 Å². The minimum absolute atomic E-state index is 0.489. The summed E-state index contributed by atoms with van der Waals surface area (Å²) in [4.78, 5) is 14.4. The average Bonchev–Trinajstić information content (AvgIpc) is 2.26. The number of Topliss-reactive ketones (excluding diaryl/α,β-unsaturated/α-hetero) is 1. The molecule has 1 unspecified atom stereocenters. The number of piperidine rings is 1. The Morgan fingerprint density at radius 3 is 2.11 bits per heavy atom. The predicted octanol–water partition coefficient (Wildman–Crippen LogP) is 3.01. The molecule has 0 spiro atoms. The Morgan fingerprint density at radius 2 is 1.61 bits per heavy atom. The molecule has 2 heteroatoms. The van der Waals surface area contributed by atoms with Crippen molar-refractivity contribution in [2.75, 3.05) is 6.54 Å². The highest BCUT2D eigenvalue weighted by Gasteiger charge is 2.54. The van der Waals surface area contributed by atoms with Crippen molar-refractivity contribution in [3.8, 4) is 0 Å². The first kappa shape index (κ1) is 11.5. The van der Waals surface area contributed by atoms with Crippen molar-refractivity contribution < 1.29 is 4.79 Å². The smallest absolute Gasteiger partial charge is 0.135 e. The maximum atomic E-state index is 11.6. The van der Waals surface area contributed by atoms with Crippen LogP contribution in [-0.2, 0) is 4.79 Å². The molecular weight excluding hydrogens is 222 g/mol. The SMILES string of the molecule is CC1CC(=O)CCN1C12CC3CC(CC(C3)C1)C2. The zero-order valence-electron chi connectivity index (χ0n) is 11.5. The van der Waals surface area contributed by atoms with Crippen LogP contribution in [0.1, 0.15) is 58.3 Å². The Bertz CT molecular complexity index is 340. The predicted molar refractivity (Wildman–Crippen MR) is 71.3 cm³/mol. The van der Waals surface area contributed by atoms with Crippen LogP contribution < -0.4 is 0 Å². The number of carbonyl (C=O) groups excluding carboxylic acids is 1. The molecule has 4 bridgehead atoms. The van der Waals surface area contributed by atoms with Crippen molar-refractivity contribution >= 4 is 5.78 Å². The fourth-order valence-corrected chi connectivity index (χ4v) is 6.13.